The summed E-state index contributed by atoms with van der Waals surface area (Å²) in [4.78, 5) is 12.3. The van der Waals surface area contributed by atoms with Crippen LogP contribution < -0.4 is 11.1 Å². The molecule has 6 unspecified atom stereocenters. The van der Waals surface area contributed by atoms with Crippen LogP contribution in [0.5, 0.6) is 0 Å². The number of halogens is 3. The van der Waals surface area contributed by atoms with Gasteiger partial charge in [-0.05, 0) is 48.1 Å². The quantitative estimate of drug-likeness (QED) is 0.602. The van der Waals surface area contributed by atoms with Crippen LogP contribution in [-0.4, -0.2) is 29.3 Å². The summed E-state index contributed by atoms with van der Waals surface area (Å²) in [5, 5.41) is 13.9. The molecule has 3 rings (SSSR count). The third kappa shape index (κ3) is 4.18. The topological polar surface area (TPSA) is 75.3 Å². The Bertz CT molecular complexity index is 896. The van der Waals surface area contributed by atoms with Crippen LogP contribution in [0.25, 0.3) is 0 Å². The number of carboxylic acids is 1. The Morgan fingerprint density at radius 2 is 2.00 bits per heavy atom. The molecule has 30 heavy (non-hydrogen) atoms. The molecule has 1 saturated heterocycles. The first kappa shape index (κ1) is 23.3. The van der Waals surface area contributed by atoms with E-state index in [2.05, 4.69) is 26.1 Å². The maximum absolute atomic E-state index is 15.3. The van der Waals surface area contributed by atoms with Crippen molar-refractivity contribution in [2.75, 3.05) is 0 Å². The van der Waals surface area contributed by atoms with Crippen LogP contribution in [0, 0.1) is 24.2 Å². The number of aliphatic carboxylic acids is 1. The Morgan fingerprint density at radius 3 is 2.57 bits per heavy atom. The van der Waals surface area contributed by atoms with E-state index in [4.69, 9.17) is 28.9 Å². The van der Waals surface area contributed by atoms with E-state index in [9.17, 15) is 9.90 Å². The van der Waals surface area contributed by atoms with Crippen LogP contribution >= 0.6 is 23.2 Å². The molecule has 1 aromatic rings. The van der Waals surface area contributed by atoms with Gasteiger partial charge in [-0.1, -0.05) is 62.2 Å². The monoisotopic (exact) mass is 454 g/mol. The maximum Gasteiger partial charge on any atom is 0.321 e. The molecule has 0 amide bonds. The number of rotatable bonds is 4. The predicted octanol–water partition coefficient (Wildman–Crippen LogP) is 4.93. The number of hydrogen-bond acceptors (Lipinski definition) is 3. The highest BCUT2D eigenvalue weighted by Crippen LogP contribution is 2.50. The van der Waals surface area contributed by atoms with Crippen LogP contribution in [0.1, 0.15) is 38.3 Å². The number of carboxylic acid groups (broad SMARTS) is 1. The van der Waals surface area contributed by atoms with Crippen molar-refractivity contribution in [3.63, 3.8) is 0 Å². The molecule has 0 bridgehead atoms. The van der Waals surface area contributed by atoms with E-state index in [1.807, 2.05) is 13.0 Å². The molecule has 0 saturated carbocycles. The van der Waals surface area contributed by atoms with E-state index >= 15 is 4.39 Å². The number of allylic oxidation sites excluding steroid dienone is 4. The minimum Gasteiger partial charge on any atom is -0.480 e. The minimum atomic E-state index is -1.52. The first-order chi connectivity index (χ1) is 13.9. The van der Waals surface area contributed by atoms with Gasteiger partial charge in [0.05, 0.1) is 10.6 Å². The number of hydrogen-bond donors (Lipinski definition) is 3. The molecular formula is C23H29Cl2FN2O2. The lowest BCUT2D eigenvalue weighted by Crippen LogP contribution is -2.55. The number of aryl methyl sites for hydroxylation is 1. The van der Waals surface area contributed by atoms with Crippen molar-refractivity contribution in [1.29, 1.82) is 0 Å². The minimum absolute atomic E-state index is 0.0566. The van der Waals surface area contributed by atoms with Gasteiger partial charge in [-0.2, -0.15) is 0 Å². The Balaban J connectivity index is 2.21. The molecule has 164 valence electrons. The van der Waals surface area contributed by atoms with Gasteiger partial charge in [-0.3, -0.25) is 10.1 Å². The highest BCUT2D eigenvalue weighted by Gasteiger charge is 2.60. The number of nitrogens with one attached hydrogen (secondary N) is 1. The lowest BCUT2D eigenvalue weighted by molar-refractivity contribution is -0.141. The first-order valence-electron chi connectivity index (χ1n) is 10.1. The second-order valence-electron chi connectivity index (χ2n) is 9.63. The molecule has 0 radical (unpaired) electrons. The Kier molecular flexibility index (Phi) is 6.41. The highest BCUT2D eigenvalue weighted by molar-refractivity contribution is 6.30. The maximum atomic E-state index is 15.3. The number of nitrogens with two attached hydrogens (primary N) is 1. The van der Waals surface area contributed by atoms with Gasteiger partial charge in [0.1, 0.15) is 12.2 Å². The first-order valence-corrected chi connectivity index (χ1v) is 10.8. The molecule has 2 aliphatic rings. The molecule has 1 aliphatic heterocycles. The van der Waals surface area contributed by atoms with Gasteiger partial charge in [0.15, 0.2) is 0 Å². The normalized spacial score (nSPS) is 34.1. The second kappa shape index (κ2) is 8.27. The number of benzene rings is 1. The summed E-state index contributed by atoms with van der Waals surface area (Å²) in [5.74, 6) is -2.58. The predicted molar refractivity (Wildman–Crippen MR) is 119 cm³/mol. The zero-order valence-corrected chi connectivity index (χ0v) is 19.1. The van der Waals surface area contributed by atoms with Crippen molar-refractivity contribution in [3.05, 3.63) is 57.6 Å². The van der Waals surface area contributed by atoms with Gasteiger partial charge in [0.2, 0.25) is 0 Å². The van der Waals surface area contributed by atoms with Gasteiger partial charge >= 0.3 is 5.97 Å². The van der Waals surface area contributed by atoms with Gasteiger partial charge < -0.3 is 10.8 Å². The van der Waals surface area contributed by atoms with E-state index in [-0.39, 0.29) is 16.5 Å². The van der Waals surface area contributed by atoms with Crippen molar-refractivity contribution < 1.29 is 14.3 Å². The van der Waals surface area contributed by atoms with E-state index < -0.39 is 35.6 Å². The van der Waals surface area contributed by atoms with Crippen molar-refractivity contribution in [3.8, 4) is 0 Å². The summed E-state index contributed by atoms with van der Waals surface area (Å²) in [6.07, 6.45) is 3.95. The summed E-state index contributed by atoms with van der Waals surface area (Å²) < 4.78 is 15.3. The Morgan fingerprint density at radius 1 is 1.33 bits per heavy atom. The summed E-state index contributed by atoms with van der Waals surface area (Å²) >= 11 is 12.3. The Hall–Kier alpha value is -1.40. The van der Waals surface area contributed by atoms with Crippen LogP contribution in [0.4, 0.5) is 4.39 Å². The summed E-state index contributed by atoms with van der Waals surface area (Å²) in [7, 11) is 0. The van der Waals surface area contributed by atoms with Crippen molar-refractivity contribution in [1.82, 2.24) is 5.32 Å². The fourth-order valence-electron chi connectivity index (χ4n) is 5.00. The third-order valence-electron chi connectivity index (χ3n) is 6.21. The molecule has 7 heteroatoms. The summed E-state index contributed by atoms with van der Waals surface area (Å²) in [6, 6.07) is 3.99. The summed E-state index contributed by atoms with van der Waals surface area (Å²) in [6.45, 7) is 8.12. The Labute approximate surface area is 187 Å². The largest absolute Gasteiger partial charge is 0.480 e. The van der Waals surface area contributed by atoms with Crippen molar-refractivity contribution in [2.45, 2.75) is 57.9 Å². The molecule has 1 aliphatic carbocycles. The molecule has 4 N–H and O–H groups in total. The average molecular weight is 455 g/mol. The van der Waals surface area contributed by atoms with E-state index in [0.717, 1.165) is 11.1 Å². The molecule has 1 fully saturated rings. The van der Waals surface area contributed by atoms with Gasteiger partial charge in [0, 0.05) is 22.9 Å². The van der Waals surface area contributed by atoms with Crippen LogP contribution in [0.2, 0.25) is 5.02 Å². The standard InChI is InChI=1S/C23H29Cl2FN2O2/c1-12-10-13(24)8-9-15(12)23(27)17(11-22(2,3)4)28-20(21(29)30)18(23)14-6-5-7-16(25)19(14)26/h5-10,14,17-20,28H,11,27H2,1-4H3,(H,29,30). The fourth-order valence-corrected chi connectivity index (χ4v) is 5.45. The van der Waals surface area contributed by atoms with Crippen LogP contribution in [0.15, 0.2) is 41.5 Å². The van der Waals surface area contributed by atoms with Gasteiger partial charge in [-0.15, -0.1) is 0 Å². The molecule has 1 heterocycles. The number of alkyl halides is 1. The lowest BCUT2D eigenvalue weighted by atomic mass is 9.64. The SMILES string of the molecule is Cc1cc(Cl)ccc1C1(N)C(CC(C)(C)C)NC(C(=O)O)C1C1C=CC=C(Cl)C1F. The third-order valence-corrected chi connectivity index (χ3v) is 6.78. The second-order valence-corrected chi connectivity index (χ2v) is 10.5. The molecule has 0 aromatic heterocycles. The van der Waals surface area contributed by atoms with Crippen molar-refractivity contribution >= 4 is 29.2 Å². The van der Waals surface area contributed by atoms with E-state index in [1.54, 1.807) is 24.3 Å². The van der Waals surface area contributed by atoms with Crippen LogP contribution in [-0.2, 0) is 10.3 Å². The molecular weight excluding hydrogens is 426 g/mol. The lowest BCUT2D eigenvalue weighted by Gasteiger charge is -2.43. The molecule has 1 aromatic carbocycles. The van der Waals surface area contributed by atoms with E-state index in [0.29, 0.717) is 11.4 Å². The van der Waals surface area contributed by atoms with Gasteiger partial charge in [0.25, 0.3) is 0 Å². The van der Waals surface area contributed by atoms with Crippen molar-refractivity contribution in [2.24, 2.45) is 23.0 Å². The summed E-state index contributed by atoms with van der Waals surface area (Å²) in [5.41, 5.74) is 7.51. The van der Waals surface area contributed by atoms with E-state index in [1.165, 1.54) is 6.08 Å². The zero-order chi connectivity index (χ0) is 22.4. The molecule has 0 spiro atoms. The molecule has 6 atom stereocenters. The molecule has 4 nitrogen and oxygen atoms in total. The number of carbonyl (C=O) groups is 1. The van der Waals surface area contributed by atoms with Gasteiger partial charge in [-0.25, -0.2) is 4.39 Å². The fraction of sp³-hybridized carbons (Fsp3) is 0.522. The average Bonchev–Trinajstić information content (AvgIpc) is 2.89. The zero-order valence-electron chi connectivity index (χ0n) is 17.6. The highest BCUT2D eigenvalue weighted by atomic mass is 35.5. The van der Waals surface area contributed by atoms with Crippen LogP contribution in [0.3, 0.4) is 0 Å². The smallest absolute Gasteiger partial charge is 0.321 e.